The normalized spacial score (nSPS) is 28.2. The van der Waals surface area contributed by atoms with Crippen molar-refractivity contribution in [3.8, 4) is 0 Å². The van der Waals surface area contributed by atoms with Gasteiger partial charge in [0.15, 0.2) is 0 Å². The number of carboxylic acids is 1. The van der Waals surface area contributed by atoms with Gasteiger partial charge in [-0.15, -0.1) is 0 Å². The number of rotatable bonds is 12. The maximum absolute atomic E-state index is 10.5. The summed E-state index contributed by atoms with van der Waals surface area (Å²) in [4.78, 5) is 10.5. The van der Waals surface area contributed by atoms with Crippen molar-refractivity contribution in [2.24, 2.45) is 11.8 Å². The topological polar surface area (TPSA) is 98.0 Å². The van der Waals surface area contributed by atoms with Crippen LogP contribution in [0.2, 0.25) is 0 Å². The van der Waals surface area contributed by atoms with Crippen LogP contribution in [0.15, 0.2) is 24.3 Å². The molecule has 4 N–H and O–H groups in total. The van der Waals surface area contributed by atoms with Crippen LogP contribution in [-0.2, 0) is 4.79 Å². The van der Waals surface area contributed by atoms with Crippen LogP contribution in [0, 0.1) is 11.8 Å². The van der Waals surface area contributed by atoms with Gasteiger partial charge in [0.1, 0.15) is 0 Å². The highest BCUT2D eigenvalue weighted by molar-refractivity contribution is 5.66. The Morgan fingerprint density at radius 1 is 1.16 bits per heavy atom. The Morgan fingerprint density at radius 3 is 2.60 bits per heavy atom. The Morgan fingerprint density at radius 2 is 1.92 bits per heavy atom. The fraction of sp³-hybridized carbons (Fsp3) is 0.750. The first-order valence-electron chi connectivity index (χ1n) is 9.55. The summed E-state index contributed by atoms with van der Waals surface area (Å²) in [7, 11) is 0. The molecule has 5 heteroatoms. The number of aliphatic hydroxyl groups is 3. The van der Waals surface area contributed by atoms with Crippen molar-refractivity contribution in [1.82, 2.24) is 0 Å². The largest absolute Gasteiger partial charge is 0.481 e. The molecule has 0 bridgehead atoms. The fourth-order valence-electron chi connectivity index (χ4n) is 3.41. The molecule has 0 aromatic rings. The van der Waals surface area contributed by atoms with E-state index in [4.69, 9.17) is 5.11 Å². The molecule has 5 atom stereocenters. The molecule has 5 nitrogen and oxygen atoms in total. The molecule has 0 radical (unpaired) electrons. The first kappa shape index (κ1) is 21.9. The van der Waals surface area contributed by atoms with E-state index in [0.29, 0.717) is 25.7 Å². The number of aliphatic carboxylic acids is 1. The molecule has 1 fully saturated rings. The summed E-state index contributed by atoms with van der Waals surface area (Å²) in [6, 6.07) is 0. The number of carbonyl (C=O) groups is 1. The molecule has 1 aliphatic carbocycles. The average molecular weight is 354 g/mol. The first-order valence-corrected chi connectivity index (χ1v) is 9.55. The van der Waals surface area contributed by atoms with Crippen molar-refractivity contribution in [2.75, 3.05) is 0 Å². The highest BCUT2D eigenvalue weighted by Crippen LogP contribution is 2.36. The standard InChI is InChI=1S/C20H34O5/c1-2-3-6-9-15(21)12-13-17-16(18(22)14-19(17)23)10-7-4-5-8-11-20(24)25/h4,7,12-13,15-19,21-23H,2-3,5-6,8-11,14H2,1H3,(H,24,25)/b7-4-,13-12+/t15-,16-,17-,18-,19+/m1/s1. The minimum absolute atomic E-state index is 0.0650. The molecular weight excluding hydrogens is 320 g/mol. The molecule has 1 rings (SSSR count). The van der Waals surface area contributed by atoms with Crippen LogP contribution in [0.25, 0.3) is 0 Å². The minimum atomic E-state index is -0.787. The van der Waals surface area contributed by atoms with Crippen LogP contribution >= 0.6 is 0 Å². The summed E-state index contributed by atoms with van der Waals surface area (Å²) >= 11 is 0. The van der Waals surface area contributed by atoms with Gasteiger partial charge in [-0.3, -0.25) is 4.79 Å². The van der Waals surface area contributed by atoms with Gasteiger partial charge in [0.05, 0.1) is 18.3 Å². The van der Waals surface area contributed by atoms with Gasteiger partial charge in [-0.25, -0.2) is 0 Å². The molecule has 0 unspecified atom stereocenters. The first-order chi connectivity index (χ1) is 12.0. The summed E-state index contributed by atoms with van der Waals surface area (Å²) < 4.78 is 0. The number of hydrogen-bond donors (Lipinski definition) is 4. The van der Waals surface area contributed by atoms with Crippen LogP contribution in [-0.4, -0.2) is 44.7 Å². The van der Waals surface area contributed by atoms with Gasteiger partial charge in [0, 0.05) is 18.8 Å². The van der Waals surface area contributed by atoms with E-state index >= 15 is 0 Å². The second-order valence-corrected chi connectivity index (χ2v) is 7.05. The number of unbranched alkanes of at least 4 members (excludes halogenated alkanes) is 3. The molecule has 0 saturated heterocycles. The Kier molecular flexibility index (Phi) is 10.7. The van der Waals surface area contributed by atoms with Crippen molar-refractivity contribution >= 4 is 5.97 Å². The molecule has 1 saturated carbocycles. The average Bonchev–Trinajstić information content (AvgIpc) is 2.82. The van der Waals surface area contributed by atoms with Crippen molar-refractivity contribution in [3.05, 3.63) is 24.3 Å². The molecule has 25 heavy (non-hydrogen) atoms. The highest BCUT2D eigenvalue weighted by atomic mass is 16.4. The zero-order valence-electron chi connectivity index (χ0n) is 15.3. The number of allylic oxidation sites excluding steroid dienone is 2. The number of hydrogen-bond acceptors (Lipinski definition) is 4. The summed E-state index contributed by atoms with van der Waals surface area (Å²) in [5.74, 6) is -1.00. The molecule has 0 spiro atoms. The number of aliphatic hydroxyl groups excluding tert-OH is 3. The smallest absolute Gasteiger partial charge is 0.303 e. The zero-order valence-corrected chi connectivity index (χ0v) is 15.3. The summed E-state index contributed by atoms with van der Waals surface area (Å²) in [6.07, 6.45) is 12.3. The van der Waals surface area contributed by atoms with E-state index in [0.717, 1.165) is 25.7 Å². The third kappa shape index (κ3) is 8.66. The molecular formula is C20H34O5. The third-order valence-electron chi connectivity index (χ3n) is 4.91. The van der Waals surface area contributed by atoms with E-state index in [2.05, 4.69) is 6.92 Å². The van der Waals surface area contributed by atoms with E-state index in [-0.39, 0.29) is 18.3 Å². The molecule has 0 amide bonds. The lowest BCUT2D eigenvalue weighted by Crippen LogP contribution is -2.20. The Hall–Kier alpha value is -1.17. The second kappa shape index (κ2) is 12.2. The summed E-state index contributed by atoms with van der Waals surface area (Å²) in [6.45, 7) is 2.12. The SMILES string of the molecule is CCCCC[C@@H](O)/C=C/[C@@H]1[C@@H](C/C=C\CCCC(=O)O)[C@H](O)C[C@@H]1O. The second-order valence-electron chi connectivity index (χ2n) is 7.05. The lowest BCUT2D eigenvalue weighted by Gasteiger charge is -2.19. The Balaban J connectivity index is 2.46. The van der Waals surface area contributed by atoms with E-state index in [1.54, 1.807) is 6.08 Å². The van der Waals surface area contributed by atoms with Gasteiger partial charge in [-0.1, -0.05) is 50.5 Å². The van der Waals surface area contributed by atoms with Crippen LogP contribution in [0.3, 0.4) is 0 Å². The van der Waals surface area contributed by atoms with Crippen LogP contribution in [0.5, 0.6) is 0 Å². The van der Waals surface area contributed by atoms with Crippen molar-refractivity contribution in [1.29, 1.82) is 0 Å². The third-order valence-corrected chi connectivity index (χ3v) is 4.91. The molecule has 1 aliphatic rings. The van der Waals surface area contributed by atoms with Crippen molar-refractivity contribution in [2.45, 2.75) is 83.0 Å². The molecule has 0 aromatic carbocycles. The van der Waals surface area contributed by atoms with Crippen molar-refractivity contribution < 1.29 is 25.2 Å². The Bertz CT molecular complexity index is 432. The highest BCUT2D eigenvalue weighted by Gasteiger charge is 2.39. The monoisotopic (exact) mass is 354 g/mol. The van der Waals surface area contributed by atoms with Gasteiger partial charge in [0.2, 0.25) is 0 Å². The van der Waals surface area contributed by atoms with Crippen molar-refractivity contribution in [3.63, 3.8) is 0 Å². The summed E-state index contributed by atoms with van der Waals surface area (Å²) in [5.41, 5.74) is 0. The van der Waals surface area contributed by atoms with Crippen LogP contribution in [0.4, 0.5) is 0 Å². The number of carboxylic acid groups (broad SMARTS) is 1. The van der Waals surface area contributed by atoms with E-state index in [1.807, 2.05) is 18.2 Å². The Labute approximate surface area is 151 Å². The lowest BCUT2D eigenvalue weighted by molar-refractivity contribution is -0.137. The van der Waals surface area contributed by atoms with Gasteiger partial charge >= 0.3 is 5.97 Å². The maximum Gasteiger partial charge on any atom is 0.303 e. The molecule has 0 aliphatic heterocycles. The van der Waals surface area contributed by atoms with Crippen LogP contribution in [0.1, 0.15) is 64.7 Å². The predicted octanol–water partition coefficient (Wildman–Crippen LogP) is 3.04. The van der Waals surface area contributed by atoms with Gasteiger partial charge in [-0.05, 0) is 31.6 Å². The minimum Gasteiger partial charge on any atom is -0.481 e. The van der Waals surface area contributed by atoms with E-state index in [9.17, 15) is 20.1 Å². The van der Waals surface area contributed by atoms with Gasteiger partial charge < -0.3 is 20.4 Å². The fourth-order valence-corrected chi connectivity index (χ4v) is 3.41. The van der Waals surface area contributed by atoms with Gasteiger partial charge in [-0.2, -0.15) is 0 Å². The van der Waals surface area contributed by atoms with Gasteiger partial charge in [0.25, 0.3) is 0 Å². The summed E-state index contributed by atoms with van der Waals surface area (Å²) in [5, 5.41) is 39.0. The molecule has 0 heterocycles. The quantitative estimate of drug-likeness (QED) is 0.319. The predicted molar refractivity (Wildman–Crippen MR) is 98.1 cm³/mol. The maximum atomic E-state index is 10.5. The van der Waals surface area contributed by atoms with E-state index in [1.165, 1.54) is 0 Å². The molecule has 144 valence electrons. The van der Waals surface area contributed by atoms with E-state index < -0.39 is 24.3 Å². The molecule has 0 aromatic heterocycles. The zero-order chi connectivity index (χ0) is 18.7. The van der Waals surface area contributed by atoms with Crippen LogP contribution < -0.4 is 0 Å². The lowest BCUT2D eigenvalue weighted by atomic mass is 9.89.